The first-order valence-corrected chi connectivity index (χ1v) is 9.83. The van der Waals surface area contributed by atoms with Crippen molar-refractivity contribution >= 4 is 12.3 Å². The Bertz CT molecular complexity index is 730. The molecular formula is C23H30N2O4. The number of benzene rings is 2. The Morgan fingerprint density at radius 3 is 2.07 bits per heavy atom. The van der Waals surface area contributed by atoms with Crippen molar-refractivity contribution in [3.8, 4) is 5.75 Å². The van der Waals surface area contributed by atoms with Crippen LogP contribution in [0.3, 0.4) is 0 Å². The van der Waals surface area contributed by atoms with E-state index < -0.39 is 5.60 Å². The van der Waals surface area contributed by atoms with E-state index in [4.69, 9.17) is 9.47 Å². The van der Waals surface area contributed by atoms with E-state index in [1.165, 1.54) is 0 Å². The van der Waals surface area contributed by atoms with Gasteiger partial charge in [0.05, 0.1) is 6.42 Å². The van der Waals surface area contributed by atoms with Gasteiger partial charge in [-0.1, -0.05) is 30.3 Å². The lowest BCUT2D eigenvalue weighted by molar-refractivity contribution is -0.139. The van der Waals surface area contributed by atoms with Crippen molar-refractivity contribution in [2.45, 2.75) is 32.5 Å². The monoisotopic (exact) mass is 398 g/mol. The Morgan fingerprint density at radius 1 is 0.966 bits per heavy atom. The topological polar surface area (TPSA) is 76.7 Å². The molecular weight excluding hydrogens is 368 g/mol. The van der Waals surface area contributed by atoms with Gasteiger partial charge in [0.25, 0.3) is 6.47 Å². The molecule has 1 heterocycles. The molecule has 0 aliphatic carbocycles. The highest BCUT2D eigenvalue weighted by atomic mass is 16.5. The second kappa shape index (κ2) is 12.0. The van der Waals surface area contributed by atoms with E-state index >= 15 is 0 Å². The van der Waals surface area contributed by atoms with Gasteiger partial charge in [-0.2, -0.15) is 0 Å². The second-order valence-electron chi connectivity index (χ2n) is 7.37. The van der Waals surface area contributed by atoms with Crippen LogP contribution in [0.1, 0.15) is 36.2 Å². The van der Waals surface area contributed by atoms with Crippen molar-refractivity contribution in [3.05, 3.63) is 65.7 Å². The summed E-state index contributed by atoms with van der Waals surface area (Å²) in [6.07, 6.45) is 0.135. The Morgan fingerprint density at radius 2 is 1.55 bits per heavy atom. The Balaban J connectivity index is 0.000000426. The third-order valence-corrected chi connectivity index (χ3v) is 4.34. The molecule has 6 heteroatoms. The molecule has 29 heavy (non-hydrogen) atoms. The Kier molecular flexibility index (Phi) is 9.34. The van der Waals surface area contributed by atoms with E-state index in [1.54, 1.807) is 38.1 Å². The number of carbonyl (C=O) groups is 2. The number of ketones is 1. The van der Waals surface area contributed by atoms with Crippen molar-refractivity contribution in [1.29, 1.82) is 0 Å². The number of carbonyl (C=O) groups excluding carboxylic acids is 2. The van der Waals surface area contributed by atoms with E-state index in [0.717, 1.165) is 31.7 Å². The molecule has 0 amide bonds. The molecule has 0 saturated carbocycles. The number of ether oxygens (including phenoxy) is 2. The summed E-state index contributed by atoms with van der Waals surface area (Å²) in [7, 11) is 0. The van der Waals surface area contributed by atoms with Gasteiger partial charge in [-0.05, 0) is 43.7 Å². The SMILES string of the molecule is C1CNCCN1.CC(C)(CC(=O)c1ccc(OCc2ccccc2)cc1)OC=O. The maximum Gasteiger partial charge on any atom is 0.293 e. The Hall–Kier alpha value is -2.70. The first-order chi connectivity index (χ1) is 14.0. The maximum absolute atomic E-state index is 12.2. The zero-order valence-corrected chi connectivity index (χ0v) is 17.1. The molecule has 1 aliphatic rings. The standard InChI is InChI=1S/C19H20O4.C4H10N2/c1-19(2,23-14-20)12-18(21)16-8-10-17(11-9-16)22-13-15-6-4-3-5-7-15;1-2-6-4-3-5-1/h3-11,14H,12-13H2,1-2H3;5-6H,1-4H2. The first kappa shape index (κ1) is 22.6. The lowest BCUT2D eigenvalue weighted by Crippen LogP contribution is -2.39. The minimum Gasteiger partial charge on any atom is -0.489 e. The number of rotatable bonds is 8. The van der Waals surface area contributed by atoms with Crippen molar-refractivity contribution in [2.75, 3.05) is 26.2 Å². The van der Waals surface area contributed by atoms with Crippen LogP contribution in [-0.2, 0) is 16.1 Å². The van der Waals surface area contributed by atoms with Crippen LogP contribution in [0.2, 0.25) is 0 Å². The van der Waals surface area contributed by atoms with Crippen LogP contribution in [0, 0.1) is 0 Å². The smallest absolute Gasteiger partial charge is 0.293 e. The quantitative estimate of drug-likeness (QED) is 0.526. The predicted molar refractivity (Wildman–Crippen MR) is 113 cm³/mol. The fourth-order valence-corrected chi connectivity index (χ4v) is 2.74. The van der Waals surface area contributed by atoms with Crippen LogP contribution in [0.4, 0.5) is 0 Å². The predicted octanol–water partition coefficient (Wildman–Crippen LogP) is 2.97. The van der Waals surface area contributed by atoms with Crippen LogP contribution in [0.15, 0.2) is 54.6 Å². The summed E-state index contributed by atoms with van der Waals surface area (Å²) < 4.78 is 10.6. The highest BCUT2D eigenvalue weighted by molar-refractivity contribution is 5.96. The number of hydrogen-bond acceptors (Lipinski definition) is 6. The highest BCUT2D eigenvalue weighted by Gasteiger charge is 2.23. The van der Waals surface area contributed by atoms with Gasteiger partial charge in [0.1, 0.15) is 18.0 Å². The highest BCUT2D eigenvalue weighted by Crippen LogP contribution is 2.20. The summed E-state index contributed by atoms with van der Waals surface area (Å²) in [5.41, 5.74) is 0.849. The van der Waals surface area contributed by atoms with Gasteiger partial charge in [-0.3, -0.25) is 9.59 Å². The third-order valence-electron chi connectivity index (χ3n) is 4.34. The molecule has 0 unspecified atom stereocenters. The van der Waals surface area contributed by atoms with Gasteiger partial charge < -0.3 is 20.1 Å². The van der Waals surface area contributed by atoms with Gasteiger partial charge in [0.2, 0.25) is 0 Å². The molecule has 6 nitrogen and oxygen atoms in total. The maximum atomic E-state index is 12.2. The number of nitrogens with one attached hydrogen (secondary N) is 2. The first-order valence-electron chi connectivity index (χ1n) is 9.83. The van der Waals surface area contributed by atoms with E-state index in [0.29, 0.717) is 24.4 Å². The minimum absolute atomic E-state index is 0.0774. The number of Topliss-reactive ketones (excluding diaryl/α,β-unsaturated/α-hetero) is 1. The summed E-state index contributed by atoms with van der Waals surface area (Å²) in [6.45, 7) is 8.81. The molecule has 2 aromatic carbocycles. The van der Waals surface area contributed by atoms with Gasteiger partial charge in [0, 0.05) is 31.7 Å². The molecule has 0 aromatic heterocycles. The molecule has 0 radical (unpaired) electrons. The molecule has 1 saturated heterocycles. The summed E-state index contributed by atoms with van der Waals surface area (Å²) in [6, 6.07) is 16.8. The second-order valence-corrected chi connectivity index (χ2v) is 7.37. The van der Waals surface area contributed by atoms with Crippen molar-refractivity contribution < 1.29 is 19.1 Å². The van der Waals surface area contributed by atoms with Crippen LogP contribution in [-0.4, -0.2) is 44.0 Å². The zero-order valence-electron chi connectivity index (χ0n) is 17.1. The molecule has 156 valence electrons. The molecule has 2 aromatic rings. The molecule has 0 atom stereocenters. The van der Waals surface area contributed by atoms with E-state index in [9.17, 15) is 9.59 Å². The van der Waals surface area contributed by atoms with Crippen molar-refractivity contribution in [3.63, 3.8) is 0 Å². The average molecular weight is 399 g/mol. The fraction of sp³-hybridized carbons (Fsp3) is 0.391. The minimum atomic E-state index is -0.804. The fourth-order valence-electron chi connectivity index (χ4n) is 2.74. The van der Waals surface area contributed by atoms with E-state index in [2.05, 4.69) is 10.6 Å². The van der Waals surface area contributed by atoms with Crippen molar-refractivity contribution in [1.82, 2.24) is 10.6 Å². The van der Waals surface area contributed by atoms with Crippen LogP contribution in [0.25, 0.3) is 0 Å². The number of piperazine rings is 1. The lowest BCUT2D eigenvalue weighted by Gasteiger charge is -2.21. The van der Waals surface area contributed by atoms with Gasteiger partial charge in [-0.25, -0.2) is 0 Å². The lowest BCUT2D eigenvalue weighted by atomic mass is 9.97. The van der Waals surface area contributed by atoms with Gasteiger partial charge in [0.15, 0.2) is 5.78 Å². The van der Waals surface area contributed by atoms with Crippen LogP contribution < -0.4 is 15.4 Å². The summed E-state index contributed by atoms with van der Waals surface area (Å²) in [5, 5.41) is 6.44. The van der Waals surface area contributed by atoms with Crippen molar-refractivity contribution in [2.24, 2.45) is 0 Å². The summed E-state index contributed by atoms with van der Waals surface area (Å²) in [5.74, 6) is 0.625. The average Bonchev–Trinajstić information content (AvgIpc) is 2.74. The Labute approximate surface area is 172 Å². The van der Waals surface area contributed by atoms with Crippen LogP contribution in [0.5, 0.6) is 5.75 Å². The molecule has 2 N–H and O–H groups in total. The summed E-state index contributed by atoms with van der Waals surface area (Å²) in [4.78, 5) is 22.6. The van der Waals surface area contributed by atoms with E-state index in [1.807, 2.05) is 30.3 Å². The normalized spacial score (nSPS) is 13.6. The van der Waals surface area contributed by atoms with E-state index in [-0.39, 0.29) is 12.2 Å². The number of hydrogen-bond donors (Lipinski definition) is 2. The summed E-state index contributed by atoms with van der Waals surface area (Å²) >= 11 is 0. The molecule has 1 fully saturated rings. The molecule has 0 bridgehead atoms. The van der Waals surface area contributed by atoms with Crippen LogP contribution >= 0.6 is 0 Å². The largest absolute Gasteiger partial charge is 0.489 e. The van der Waals surface area contributed by atoms with Gasteiger partial charge >= 0.3 is 0 Å². The zero-order chi connectivity index (χ0) is 21.0. The molecule has 1 aliphatic heterocycles. The third kappa shape index (κ3) is 8.89. The molecule has 0 spiro atoms. The van der Waals surface area contributed by atoms with Gasteiger partial charge in [-0.15, -0.1) is 0 Å². The molecule has 3 rings (SSSR count).